The second kappa shape index (κ2) is 3.34. The molecule has 11 heavy (non-hydrogen) atoms. The van der Waals surface area contributed by atoms with Crippen molar-refractivity contribution >= 4 is 15.9 Å². The van der Waals surface area contributed by atoms with Gasteiger partial charge in [-0.25, -0.2) is 4.68 Å². The van der Waals surface area contributed by atoms with Crippen molar-refractivity contribution in [3.05, 3.63) is 10.3 Å². The highest BCUT2D eigenvalue weighted by Crippen LogP contribution is 2.17. The van der Waals surface area contributed by atoms with Crippen LogP contribution in [-0.2, 0) is 6.42 Å². The minimum absolute atomic E-state index is 0.372. The van der Waals surface area contributed by atoms with E-state index in [1.165, 1.54) is 0 Å². The lowest BCUT2D eigenvalue weighted by Crippen LogP contribution is -2.02. The Morgan fingerprint density at radius 2 is 2.18 bits per heavy atom. The molecule has 1 rings (SSSR count). The van der Waals surface area contributed by atoms with E-state index in [0.717, 1.165) is 16.7 Å². The van der Waals surface area contributed by atoms with Gasteiger partial charge in [-0.1, -0.05) is 12.1 Å². The number of hydrogen-bond acceptors (Lipinski definition) is 2. The average Bonchev–Trinajstić information content (AvgIpc) is 2.30. The number of aryl methyl sites for hydroxylation is 1. The maximum atomic E-state index is 4.02. The van der Waals surface area contributed by atoms with Gasteiger partial charge < -0.3 is 0 Å². The van der Waals surface area contributed by atoms with Crippen molar-refractivity contribution in [2.24, 2.45) is 0 Å². The fourth-order valence-electron chi connectivity index (χ4n) is 0.861. The Morgan fingerprint density at radius 1 is 1.55 bits per heavy atom. The lowest BCUT2D eigenvalue weighted by molar-refractivity contribution is 0.505. The quantitative estimate of drug-likeness (QED) is 0.761. The fraction of sp³-hybridized carbons (Fsp3) is 0.714. The Balaban J connectivity index is 3.00. The summed E-state index contributed by atoms with van der Waals surface area (Å²) in [7, 11) is 0. The Labute approximate surface area is 74.9 Å². The summed E-state index contributed by atoms with van der Waals surface area (Å²) in [6, 6.07) is 0.372. The Kier molecular flexibility index (Phi) is 2.65. The molecule has 0 fully saturated rings. The number of rotatable bonds is 2. The summed E-state index contributed by atoms with van der Waals surface area (Å²) in [6.07, 6.45) is 0.924. The first-order valence-electron chi connectivity index (χ1n) is 3.76. The molecule has 0 spiro atoms. The number of hydrogen-bond donors (Lipinski definition) is 0. The maximum absolute atomic E-state index is 4.02. The van der Waals surface area contributed by atoms with E-state index in [2.05, 4.69) is 47.0 Å². The van der Waals surface area contributed by atoms with E-state index in [1.54, 1.807) is 0 Å². The molecule has 1 aromatic heterocycles. The second-order valence-corrected chi connectivity index (χ2v) is 3.47. The molecule has 3 nitrogen and oxygen atoms in total. The SMILES string of the molecule is CCc1nnn(C(C)C)c1Br. The van der Waals surface area contributed by atoms with Crippen LogP contribution in [0.5, 0.6) is 0 Å². The van der Waals surface area contributed by atoms with Crippen LogP contribution in [0.15, 0.2) is 4.60 Å². The summed E-state index contributed by atoms with van der Waals surface area (Å²) in [4.78, 5) is 0. The zero-order chi connectivity index (χ0) is 8.43. The first kappa shape index (κ1) is 8.71. The number of nitrogens with zero attached hydrogens (tertiary/aromatic N) is 3. The summed E-state index contributed by atoms with van der Waals surface area (Å²) in [6.45, 7) is 6.23. The van der Waals surface area contributed by atoms with Crippen molar-refractivity contribution < 1.29 is 0 Å². The lowest BCUT2D eigenvalue weighted by Gasteiger charge is -2.04. The molecule has 62 valence electrons. The monoisotopic (exact) mass is 217 g/mol. The van der Waals surface area contributed by atoms with E-state index in [4.69, 9.17) is 0 Å². The summed E-state index contributed by atoms with van der Waals surface area (Å²) in [5, 5.41) is 8.03. The Hall–Kier alpha value is -0.380. The van der Waals surface area contributed by atoms with Gasteiger partial charge in [0.1, 0.15) is 4.60 Å². The first-order valence-corrected chi connectivity index (χ1v) is 4.55. The van der Waals surface area contributed by atoms with Gasteiger partial charge in [0.05, 0.1) is 5.69 Å². The van der Waals surface area contributed by atoms with Crippen molar-refractivity contribution in [3.8, 4) is 0 Å². The summed E-state index contributed by atoms with van der Waals surface area (Å²) in [5.74, 6) is 0. The first-order chi connectivity index (χ1) is 5.16. The van der Waals surface area contributed by atoms with Crippen LogP contribution in [0.3, 0.4) is 0 Å². The molecule has 0 radical (unpaired) electrons. The molecule has 0 amide bonds. The van der Waals surface area contributed by atoms with E-state index in [1.807, 2.05) is 4.68 Å². The molecule has 0 aliphatic rings. The smallest absolute Gasteiger partial charge is 0.127 e. The molecule has 4 heteroatoms. The molecule has 0 aromatic carbocycles. The van der Waals surface area contributed by atoms with Crippen LogP contribution in [0.25, 0.3) is 0 Å². The molecule has 1 aromatic rings. The molecular formula is C7H12BrN3. The van der Waals surface area contributed by atoms with Crippen LogP contribution in [-0.4, -0.2) is 15.0 Å². The molecule has 0 saturated carbocycles. The van der Waals surface area contributed by atoms with Crippen LogP contribution >= 0.6 is 15.9 Å². The molecule has 0 unspecified atom stereocenters. The Morgan fingerprint density at radius 3 is 2.45 bits per heavy atom. The van der Waals surface area contributed by atoms with Gasteiger partial charge in [-0.2, -0.15) is 0 Å². The van der Waals surface area contributed by atoms with Gasteiger partial charge in [-0.3, -0.25) is 0 Å². The third-order valence-corrected chi connectivity index (χ3v) is 2.35. The van der Waals surface area contributed by atoms with Crippen LogP contribution in [0.1, 0.15) is 32.5 Å². The van der Waals surface area contributed by atoms with Crippen molar-refractivity contribution in [3.63, 3.8) is 0 Å². The highest BCUT2D eigenvalue weighted by molar-refractivity contribution is 9.10. The molecule has 1 heterocycles. The molecule has 0 aliphatic heterocycles. The predicted molar refractivity (Wildman–Crippen MR) is 47.5 cm³/mol. The molecule has 0 saturated heterocycles. The van der Waals surface area contributed by atoms with Crippen LogP contribution in [0.2, 0.25) is 0 Å². The van der Waals surface area contributed by atoms with Crippen molar-refractivity contribution in [1.29, 1.82) is 0 Å². The van der Waals surface area contributed by atoms with Gasteiger partial charge >= 0.3 is 0 Å². The van der Waals surface area contributed by atoms with E-state index in [9.17, 15) is 0 Å². The highest BCUT2D eigenvalue weighted by Gasteiger charge is 2.09. The number of aromatic nitrogens is 3. The standard InChI is InChI=1S/C7H12BrN3/c1-4-6-7(8)11(5(2)3)10-9-6/h5H,4H2,1-3H3. The minimum Gasteiger partial charge on any atom is -0.235 e. The minimum atomic E-state index is 0.372. The third kappa shape index (κ3) is 1.61. The van der Waals surface area contributed by atoms with E-state index < -0.39 is 0 Å². The van der Waals surface area contributed by atoms with Gasteiger partial charge in [0, 0.05) is 6.04 Å². The zero-order valence-corrected chi connectivity index (χ0v) is 8.59. The normalized spacial score (nSPS) is 11.0. The van der Waals surface area contributed by atoms with Crippen molar-refractivity contribution in [2.75, 3.05) is 0 Å². The number of halogens is 1. The van der Waals surface area contributed by atoms with Gasteiger partial charge in [-0.15, -0.1) is 5.10 Å². The van der Waals surface area contributed by atoms with Gasteiger partial charge in [-0.05, 0) is 36.2 Å². The van der Waals surface area contributed by atoms with Gasteiger partial charge in [0.2, 0.25) is 0 Å². The van der Waals surface area contributed by atoms with E-state index in [-0.39, 0.29) is 0 Å². The van der Waals surface area contributed by atoms with Gasteiger partial charge in [0.25, 0.3) is 0 Å². The van der Waals surface area contributed by atoms with Crippen LogP contribution in [0, 0.1) is 0 Å². The second-order valence-electron chi connectivity index (χ2n) is 2.72. The Bertz CT molecular complexity index is 242. The molecule has 0 aliphatic carbocycles. The highest BCUT2D eigenvalue weighted by atomic mass is 79.9. The van der Waals surface area contributed by atoms with Crippen molar-refractivity contribution in [1.82, 2.24) is 15.0 Å². The van der Waals surface area contributed by atoms with E-state index >= 15 is 0 Å². The molecular weight excluding hydrogens is 206 g/mol. The summed E-state index contributed by atoms with van der Waals surface area (Å²) >= 11 is 3.45. The van der Waals surface area contributed by atoms with Crippen molar-refractivity contribution in [2.45, 2.75) is 33.2 Å². The molecule has 0 N–H and O–H groups in total. The zero-order valence-electron chi connectivity index (χ0n) is 7.00. The van der Waals surface area contributed by atoms with Gasteiger partial charge in [0.15, 0.2) is 0 Å². The van der Waals surface area contributed by atoms with E-state index in [0.29, 0.717) is 6.04 Å². The lowest BCUT2D eigenvalue weighted by atomic mass is 10.3. The van der Waals surface area contributed by atoms with Crippen LogP contribution < -0.4 is 0 Å². The van der Waals surface area contributed by atoms with Crippen LogP contribution in [0.4, 0.5) is 0 Å². The summed E-state index contributed by atoms with van der Waals surface area (Å²) in [5.41, 5.74) is 1.03. The molecule has 0 atom stereocenters. The largest absolute Gasteiger partial charge is 0.235 e. The average molecular weight is 218 g/mol. The fourth-order valence-corrected chi connectivity index (χ4v) is 1.70. The summed E-state index contributed by atoms with van der Waals surface area (Å²) < 4.78 is 2.88. The third-order valence-electron chi connectivity index (χ3n) is 1.53. The topological polar surface area (TPSA) is 30.7 Å². The predicted octanol–water partition coefficient (Wildman–Crippen LogP) is 2.18. The molecule has 0 bridgehead atoms. The maximum Gasteiger partial charge on any atom is 0.127 e.